The molecule has 0 saturated heterocycles. The molecule has 1 saturated carbocycles. The third kappa shape index (κ3) is 4.36. The molecule has 0 aromatic heterocycles. The highest BCUT2D eigenvalue weighted by atomic mass is 32.2. The molecular weight excluding hydrogens is 324 g/mol. The van der Waals surface area contributed by atoms with Gasteiger partial charge in [-0.3, -0.25) is 4.18 Å². The summed E-state index contributed by atoms with van der Waals surface area (Å²) in [5.74, 6) is 0.856. The lowest BCUT2D eigenvalue weighted by molar-refractivity contribution is 0.0842. The molecule has 24 heavy (non-hydrogen) atoms. The lowest BCUT2D eigenvalue weighted by Crippen LogP contribution is -2.29. The highest BCUT2D eigenvalue weighted by molar-refractivity contribution is 7.86. The molecule has 0 N–H and O–H groups in total. The number of hydrogen-bond donors (Lipinski definition) is 0. The SMILES string of the molecule is Cc1ccc(S(=O)(=O)OC2CCC(Oc3ccccc3)CC2)cc1. The van der Waals surface area contributed by atoms with E-state index in [9.17, 15) is 8.42 Å². The second kappa shape index (κ2) is 7.36. The third-order valence-electron chi connectivity index (χ3n) is 4.24. The van der Waals surface area contributed by atoms with Crippen molar-refractivity contribution in [3.8, 4) is 5.75 Å². The van der Waals surface area contributed by atoms with Crippen molar-refractivity contribution in [2.24, 2.45) is 0 Å². The molecule has 3 rings (SSSR count). The van der Waals surface area contributed by atoms with Crippen LogP contribution in [0.4, 0.5) is 0 Å². The standard InChI is InChI=1S/C19H22O4S/c1-15-7-13-19(14-8-15)24(20,21)23-18-11-9-17(10-12-18)22-16-5-3-2-4-6-16/h2-8,13-14,17-18H,9-12H2,1H3. The van der Waals surface area contributed by atoms with E-state index in [1.165, 1.54) is 0 Å². The van der Waals surface area contributed by atoms with Gasteiger partial charge in [0.05, 0.1) is 17.1 Å². The number of hydrogen-bond acceptors (Lipinski definition) is 4. The van der Waals surface area contributed by atoms with E-state index in [0.29, 0.717) is 12.8 Å². The van der Waals surface area contributed by atoms with Crippen molar-refractivity contribution in [3.63, 3.8) is 0 Å². The summed E-state index contributed by atoms with van der Waals surface area (Å²) in [5.41, 5.74) is 1.02. The van der Waals surface area contributed by atoms with Crippen LogP contribution in [-0.4, -0.2) is 20.6 Å². The third-order valence-corrected chi connectivity index (χ3v) is 5.61. The Morgan fingerprint density at radius 3 is 2.04 bits per heavy atom. The number of benzene rings is 2. The Kier molecular flexibility index (Phi) is 5.21. The maximum absolute atomic E-state index is 12.3. The summed E-state index contributed by atoms with van der Waals surface area (Å²) < 4.78 is 36.0. The minimum absolute atomic E-state index is 0.120. The Labute approximate surface area is 143 Å². The predicted octanol–water partition coefficient (Wildman–Crippen LogP) is 4.09. The van der Waals surface area contributed by atoms with Crippen molar-refractivity contribution in [2.45, 2.75) is 49.7 Å². The van der Waals surface area contributed by atoms with E-state index in [0.717, 1.165) is 24.2 Å². The van der Waals surface area contributed by atoms with Crippen LogP contribution in [0.1, 0.15) is 31.2 Å². The first kappa shape index (κ1) is 17.0. The Morgan fingerprint density at radius 2 is 1.42 bits per heavy atom. The number of rotatable bonds is 5. The van der Waals surface area contributed by atoms with E-state index in [1.807, 2.05) is 37.3 Å². The Hall–Kier alpha value is -1.85. The van der Waals surface area contributed by atoms with E-state index in [-0.39, 0.29) is 17.1 Å². The summed E-state index contributed by atoms with van der Waals surface area (Å²) in [4.78, 5) is 0.218. The lowest BCUT2D eigenvalue weighted by atomic mass is 9.95. The molecule has 128 valence electrons. The molecule has 1 aliphatic rings. The van der Waals surface area contributed by atoms with Gasteiger partial charge in [-0.25, -0.2) is 0 Å². The van der Waals surface area contributed by atoms with Gasteiger partial charge in [0.25, 0.3) is 10.1 Å². The highest BCUT2D eigenvalue weighted by Crippen LogP contribution is 2.28. The molecule has 0 heterocycles. The average Bonchev–Trinajstić information content (AvgIpc) is 2.58. The van der Waals surface area contributed by atoms with Crippen LogP contribution in [0.2, 0.25) is 0 Å². The molecule has 0 aliphatic heterocycles. The van der Waals surface area contributed by atoms with Gasteiger partial charge in [-0.15, -0.1) is 0 Å². The van der Waals surface area contributed by atoms with Gasteiger partial charge in [-0.05, 0) is 56.9 Å². The zero-order valence-electron chi connectivity index (χ0n) is 13.7. The molecule has 1 aliphatic carbocycles. The summed E-state index contributed by atoms with van der Waals surface area (Å²) in [6.07, 6.45) is 2.80. The van der Waals surface area contributed by atoms with Crippen molar-refractivity contribution in [3.05, 3.63) is 60.2 Å². The van der Waals surface area contributed by atoms with Crippen molar-refractivity contribution in [1.82, 2.24) is 0 Å². The van der Waals surface area contributed by atoms with Crippen molar-refractivity contribution >= 4 is 10.1 Å². The highest BCUT2D eigenvalue weighted by Gasteiger charge is 2.28. The number of para-hydroxylation sites is 1. The van der Waals surface area contributed by atoms with Gasteiger partial charge in [0.15, 0.2) is 0 Å². The van der Waals surface area contributed by atoms with E-state index in [4.69, 9.17) is 8.92 Å². The second-order valence-electron chi connectivity index (χ2n) is 6.19. The number of ether oxygens (including phenoxy) is 1. The molecule has 1 fully saturated rings. The molecule has 0 spiro atoms. The fourth-order valence-electron chi connectivity index (χ4n) is 2.88. The first-order valence-electron chi connectivity index (χ1n) is 8.24. The van der Waals surface area contributed by atoms with Crippen LogP contribution in [0.15, 0.2) is 59.5 Å². The predicted molar refractivity (Wildman–Crippen MR) is 92.6 cm³/mol. The fourth-order valence-corrected chi connectivity index (χ4v) is 4.01. The lowest BCUT2D eigenvalue weighted by Gasteiger charge is -2.28. The zero-order chi connectivity index (χ0) is 17.0. The first-order valence-corrected chi connectivity index (χ1v) is 9.65. The molecule has 4 nitrogen and oxygen atoms in total. The van der Waals surface area contributed by atoms with Crippen LogP contribution >= 0.6 is 0 Å². The molecule has 0 atom stereocenters. The Balaban J connectivity index is 1.54. The molecule has 0 amide bonds. The molecular formula is C19H22O4S. The normalized spacial score (nSPS) is 21.4. The maximum atomic E-state index is 12.3. The van der Waals surface area contributed by atoms with Gasteiger partial charge in [0, 0.05) is 0 Å². The molecule has 0 radical (unpaired) electrons. The summed E-state index contributed by atoms with van der Waals surface area (Å²) >= 11 is 0. The molecule has 2 aromatic carbocycles. The maximum Gasteiger partial charge on any atom is 0.297 e. The van der Waals surface area contributed by atoms with Gasteiger partial charge >= 0.3 is 0 Å². The van der Waals surface area contributed by atoms with Crippen LogP contribution in [0.25, 0.3) is 0 Å². The minimum Gasteiger partial charge on any atom is -0.490 e. The molecule has 5 heteroatoms. The smallest absolute Gasteiger partial charge is 0.297 e. The van der Waals surface area contributed by atoms with E-state index < -0.39 is 10.1 Å². The first-order chi connectivity index (χ1) is 11.5. The summed E-state index contributed by atoms with van der Waals surface area (Å²) in [6, 6.07) is 16.4. The largest absolute Gasteiger partial charge is 0.490 e. The Bertz CT molecular complexity index is 746. The van der Waals surface area contributed by atoms with Crippen molar-refractivity contribution in [2.75, 3.05) is 0 Å². The molecule has 0 bridgehead atoms. The monoisotopic (exact) mass is 346 g/mol. The van der Waals surface area contributed by atoms with E-state index in [2.05, 4.69) is 0 Å². The van der Waals surface area contributed by atoms with Gasteiger partial charge in [-0.2, -0.15) is 8.42 Å². The minimum atomic E-state index is -3.69. The van der Waals surface area contributed by atoms with E-state index >= 15 is 0 Å². The van der Waals surface area contributed by atoms with Gasteiger partial charge in [-0.1, -0.05) is 35.9 Å². The fraction of sp³-hybridized carbons (Fsp3) is 0.368. The van der Waals surface area contributed by atoms with Crippen molar-refractivity contribution < 1.29 is 17.3 Å². The quantitative estimate of drug-likeness (QED) is 0.765. The average molecular weight is 346 g/mol. The summed E-state index contributed by atoms with van der Waals surface area (Å²) in [5, 5.41) is 0. The zero-order valence-corrected chi connectivity index (χ0v) is 14.5. The van der Waals surface area contributed by atoms with Crippen molar-refractivity contribution in [1.29, 1.82) is 0 Å². The van der Waals surface area contributed by atoms with Crippen LogP contribution in [0, 0.1) is 6.92 Å². The topological polar surface area (TPSA) is 52.6 Å². The second-order valence-corrected chi connectivity index (χ2v) is 7.77. The molecule has 0 unspecified atom stereocenters. The van der Waals surface area contributed by atoms with Gasteiger partial charge in [0.1, 0.15) is 5.75 Å². The number of aryl methyl sites for hydroxylation is 1. The summed E-state index contributed by atoms with van der Waals surface area (Å²) in [7, 11) is -3.69. The van der Waals surface area contributed by atoms with Gasteiger partial charge in [0.2, 0.25) is 0 Å². The molecule has 2 aromatic rings. The van der Waals surface area contributed by atoms with Crippen LogP contribution < -0.4 is 4.74 Å². The Morgan fingerprint density at radius 1 is 0.833 bits per heavy atom. The van der Waals surface area contributed by atoms with Crippen LogP contribution in [0.5, 0.6) is 5.75 Å². The van der Waals surface area contributed by atoms with Gasteiger partial charge < -0.3 is 4.74 Å². The van der Waals surface area contributed by atoms with Crippen LogP contribution in [-0.2, 0) is 14.3 Å². The summed E-state index contributed by atoms with van der Waals surface area (Å²) in [6.45, 7) is 1.92. The van der Waals surface area contributed by atoms with E-state index in [1.54, 1.807) is 24.3 Å². The van der Waals surface area contributed by atoms with Crippen LogP contribution in [0.3, 0.4) is 0 Å².